The van der Waals surface area contributed by atoms with E-state index in [0.29, 0.717) is 18.3 Å². The summed E-state index contributed by atoms with van der Waals surface area (Å²) in [5, 5.41) is 1.08. The molecule has 3 aliphatic rings. The molecule has 4 heteroatoms. The van der Waals surface area contributed by atoms with Gasteiger partial charge in [-0.15, -0.1) is 6.58 Å². The summed E-state index contributed by atoms with van der Waals surface area (Å²) in [5.41, 5.74) is 2.03. The number of carbonyl (C=O) groups excluding carboxylic acids is 1. The smallest absolute Gasteiger partial charge is 0.306 e. The van der Waals surface area contributed by atoms with Crippen LogP contribution in [0.25, 0.3) is 10.9 Å². The minimum Gasteiger partial charge on any atom is -0.456 e. The minimum absolute atomic E-state index is 0.105. The SMILES string of the molecule is C=C[C@H]1CN2CC[C@H]1C[C@H]2[C@H](OC(=O)CCC)c1ccnc2ccccc12. The van der Waals surface area contributed by atoms with Crippen LogP contribution in [0.15, 0.2) is 49.2 Å². The molecule has 1 aromatic carbocycles. The summed E-state index contributed by atoms with van der Waals surface area (Å²) in [5.74, 6) is 1.08. The van der Waals surface area contributed by atoms with Gasteiger partial charge in [0.2, 0.25) is 0 Å². The highest BCUT2D eigenvalue weighted by atomic mass is 16.5. The lowest BCUT2D eigenvalue weighted by atomic mass is 9.73. The van der Waals surface area contributed by atoms with Gasteiger partial charge < -0.3 is 4.74 Å². The van der Waals surface area contributed by atoms with Gasteiger partial charge >= 0.3 is 5.97 Å². The second kappa shape index (κ2) is 7.81. The molecule has 5 atom stereocenters. The van der Waals surface area contributed by atoms with E-state index in [1.807, 2.05) is 37.4 Å². The number of pyridine rings is 1. The molecular weight excluding hydrogens is 336 g/mol. The molecule has 4 nitrogen and oxygen atoms in total. The van der Waals surface area contributed by atoms with Crippen molar-refractivity contribution >= 4 is 16.9 Å². The molecule has 0 aliphatic carbocycles. The van der Waals surface area contributed by atoms with E-state index in [1.54, 1.807) is 0 Å². The standard InChI is InChI=1S/C23H28N2O2/c1-3-7-22(26)27-23(19-10-12-24-20-9-6-5-8-18(19)20)21-14-17-11-13-25(21)15-16(17)4-2/h4-6,8-10,12,16-17,21,23H,2-3,7,11,13-15H2,1H3/t16-,17-,21-,23+/m0/s1. The molecule has 3 fully saturated rings. The van der Waals surface area contributed by atoms with Crippen molar-refractivity contribution in [2.24, 2.45) is 11.8 Å². The normalized spacial score (nSPS) is 28.0. The molecule has 0 spiro atoms. The third kappa shape index (κ3) is 3.51. The second-order valence-electron chi connectivity index (χ2n) is 7.82. The molecule has 2 bridgehead atoms. The molecule has 3 aliphatic heterocycles. The summed E-state index contributed by atoms with van der Waals surface area (Å²) < 4.78 is 6.11. The van der Waals surface area contributed by atoms with Crippen LogP contribution in [0.5, 0.6) is 0 Å². The maximum absolute atomic E-state index is 12.5. The van der Waals surface area contributed by atoms with Crippen LogP contribution < -0.4 is 0 Å². The Morgan fingerprint density at radius 2 is 2.26 bits per heavy atom. The van der Waals surface area contributed by atoms with Crippen LogP contribution >= 0.6 is 0 Å². The lowest BCUT2D eigenvalue weighted by Gasteiger charge is -2.51. The Balaban J connectivity index is 1.71. The Morgan fingerprint density at radius 1 is 1.41 bits per heavy atom. The topological polar surface area (TPSA) is 42.4 Å². The van der Waals surface area contributed by atoms with Crippen molar-refractivity contribution in [2.45, 2.75) is 44.8 Å². The van der Waals surface area contributed by atoms with E-state index in [0.717, 1.165) is 42.4 Å². The van der Waals surface area contributed by atoms with Crippen LogP contribution in [-0.2, 0) is 9.53 Å². The molecule has 0 N–H and O–H groups in total. The van der Waals surface area contributed by atoms with Gasteiger partial charge in [0.15, 0.2) is 0 Å². The molecule has 1 unspecified atom stereocenters. The fourth-order valence-electron chi connectivity index (χ4n) is 4.81. The van der Waals surface area contributed by atoms with Crippen molar-refractivity contribution in [2.75, 3.05) is 13.1 Å². The average molecular weight is 364 g/mol. The van der Waals surface area contributed by atoms with Gasteiger partial charge in [-0.2, -0.15) is 0 Å². The van der Waals surface area contributed by atoms with Crippen LogP contribution in [0.1, 0.15) is 44.3 Å². The van der Waals surface area contributed by atoms with Crippen LogP contribution in [0.3, 0.4) is 0 Å². The Morgan fingerprint density at radius 3 is 3.00 bits per heavy atom. The first-order valence-corrected chi connectivity index (χ1v) is 10.1. The molecular formula is C23H28N2O2. The first-order chi connectivity index (χ1) is 13.2. The van der Waals surface area contributed by atoms with Crippen LogP contribution in [0.2, 0.25) is 0 Å². The lowest BCUT2D eigenvalue weighted by molar-refractivity contribution is -0.157. The highest BCUT2D eigenvalue weighted by Gasteiger charge is 2.44. The van der Waals surface area contributed by atoms with Gasteiger partial charge in [-0.05, 0) is 49.8 Å². The molecule has 142 valence electrons. The van der Waals surface area contributed by atoms with Gasteiger partial charge in [-0.3, -0.25) is 14.7 Å². The Kier molecular flexibility index (Phi) is 5.26. The zero-order valence-corrected chi connectivity index (χ0v) is 16.0. The number of esters is 1. The first-order valence-electron chi connectivity index (χ1n) is 10.1. The number of benzene rings is 1. The molecule has 4 heterocycles. The molecule has 3 saturated heterocycles. The summed E-state index contributed by atoms with van der Waals surface area (Å²) in [6.07, 6.45) is 7.22. The van der Waals surface area contributed by atoms with Crippen LogP contribution in [0.4, 0.5) is 0 Å². The molecule has 1 aromatic heterocycles. The Labute approximate surface area is 161 Å². The number of nitrogens with zero attached hydrogens (tertiary/aromatic N) is 2. The summed E-state index contributed by atoms with van der Waals surface area (Å²) >= 11 is 0. The van der Waals surface area contributed by atoms with E-state index < -0.39 is 0 Å². The van der Waals surface area contributed by atoms with Gasteiger partial charge in [0.25, 0.3) is 0 Å². The number of rotatable bonds is 6. The summed E-state index contributed by atoms with van der Waals surface area (Å²) in [4.78, 5) is 19.5. The number of hydrogen-bond acceptors (Lipinski definition) is 4. The molecule has 27 heavy (non-hydrogen) atoms. The molecule has 2 aromatic rings. The number of fused-ring (bicyclic) bond motifs is 4. The summed E-state index contributed by atoms with van der Waals surface area (Å²) in [7, 11) is 0. The van der Waals surface area contributed by atoms with Gasteiger partial charge in [0.1, 0.15) is 6.10 Å². The molecule has 5 rings (SSSR count). The maximum atomic E-state index is 12.5. The Hall–Kier alpha value is -2.20. The van der Waals surface area contributed by atoms with Gasteiger partial charge in [0, 0.05) is 30.1 Å². The lowest BCUT2D eigenvalue weighted by Crippen LogP contribution is -2.55. The quantitative estimate of drug-likeness (QED) is 0.558. The highest BCUT2D eigenvalue weighted by Crippen LogP contribution is 2.43. The number of hydrogen-bond donors (Lipinski definition) is 0. The Bertz CT molecular complexity index is 829. The van der Waals surface area contributed by atoms with E-state index in [2.05, 4.69) is 28.6 Å². The first kappa shape index (κ1) is 18.2. The van der Waals surface area contributed by atoms with Crippen molar-refractivity contribution in [3.05, 3.63) is 54.7 Å². The van der Waals surface area contributed by atoms with Crippen molar-refractivity contribution in [3.63, 3.8) is 0 Å². The average Bonchev–Trinajstić information content (AvgIpc) is 2.72. The maximum Gasteiger partial charge on any atom is 0.306 e. The number of carbonyl (C=O) groups is 1. The fourth-order valence-corrected chi connectivity index (χ4v) is 4.81. The number of ether oxygens (including phenoxy) is 1. The predicted octanol–water partition coefficient (Wildman–Crippen LogP) is 4.52. The molecule has 0 saturated carbocycles. The predicted molar refractivity (Wildman–Crippen MR) is 107 cm³/mol. The minimum atomic E-state index is -0.245. The van der Waals surface area contributed by atoms with E-state index >= 15 is 0 Å². The zero-order valence-electron chi connectivity index (χ0n) is 16.0. The monoisotopic (exact) mass is 364 g/mol. The van der Waals surface area contributed by atoms with Crippen LogP contribution in [-0.4, -0.2) is 35.0 Å². The molecule has 0 radical (unpaired) electrons. The number of piperidine rings is 3. The zero-order chi connectivity index (χ0) is 18.8. The number of para-hydroxylation sites is 1. The second-order valence-corrected chi connectivity index (χ2v) is 7.82. The fraction of sp³-hybridized carbons (Fsp3) is 0.478. The van der Waals surface area contributed by atoms with E-state index in [1.165, 1.54) is 6.42 Å². The highest BCUT2D eigenvalue weighted by molar-refractivity contribution is 5.82. The third-order valence-corrected chi connectivity index (χ3v) is 6.21. The third-order valence-electron chi connectivity index (χ3n) is 6.21. The summed E-state index contributed by atoms with van der Waals surface area (Å²) in [6.45, 7) is 8.13. The van der Waals surface area contributed by atoms with Crippen molar-refractivity contribution < 1.29 is 9.53 Å². The van der Waals surface area contributed by atoms with Gasteiger partial charge in [-0.1, -0.05) is 31.2 Å². The van der Waals surface area contributed by atoms with Crippen molar-refractivity contribution in [1.82, 2.24) is 9.88 Å². The van der Waals surface area contributed by atoms with Crippen molar-refractivity contribution in [3.8, 4) is 0 Å². The van der Waals surface area contributed by atoms with E-state index in [4.69, 9.17) is 4.74 Å². The van der Waals surface area contributed by atoms with E-state index in [9.17, 15) is 4.79 Å². The largest absolute Gasteiger partial charge is 0.456 e. The van der Waals surface area contributed by atoms with Gasteiger partial charge in [0.05, 0.1) is 11.6 Å². The summed E-state index contributed by atoms with van der Waals surface area (Å²) in [6, 6.07) is 10.4. The van der Waals surface area contributed by atoms with Gasteiger partial charge in [-0.25, -0.2) is 0 Å². The van der Waals surface area contributed by atoms with E-state index in [-0.39, 0.29) is 18.1 Å². The molecule has 0 amide bonds. The number of aromatic nitrogens is 1. The van der Waals surface area contributed by atoms with Crippen molar-refractivity contribution in [1.29, 1.82) is 0 Å². The van der Waals surface area contributed by atoms with Crippen LogP contribution in [0, 0.1) is 11.8 Å².